The lowest BCUT2D eigenvalue weighted by Crippen LogP contribution is -2.54. The van der Waals surface area contributed by atoms with Gasteiger partial charge in [-0.05, 0) is 0 Å². The molecular formula is C9H5ClF6O. The van der Waals surface area contributed by atoms with Gasteiger partial charge in [-0.3, -0.25) is 0 Å². The Balaban J connectivity index is 3.49. The molecule has 17 heavy (non-hydrogen) atoms. The van der Waals surface area contributed by atoms with Crippen LogP contribution in [-0.2, 0) is 9.89 Å². The summed E-state index contributed by atoms with van der Waals surface area (Å²) in [5, 5.41) is 0. The first-order valence-electron chi connectivity index (χ1n) is 4.15. The predicted octanol–water partition coefficient (Wildman–Crippen LogP) is 4.18. The van der Waals surface area contributed by atoms with Crippen LogP contribution < -0.4 is 0 Å². The topological polar surface area (TPSA) is 9.23 Å². The van der Waals surface area contributed by atoms with Crippen LogP contribution >= 0.6 is 11.9 Å². The largest absolute Gasteiger partial charge is 0.432 e. The Hall–Kier alpha value is -0.950. The number of benzene rings is 1. The lowest BCUT2D eigenvalue weighted by Gasteiger charge is -2.34. The van der Waals surface area contributed by atoms with Gasteiger partial charge in [0.2, 0.25) is 0 Å². The highest BCUT2D eigenvalue weighted by Gasteiger charge is 2.74. The van der Waals surface area contributed by atoms with E-state index in [4.69, 9.17) is 0 Å². The van der Waals surface area contributed by atoms with Gasteiger partial charge in [0.25, 0.3) is 0 Å². The molecule has 0 bridgehead atoms. The van der Waals surface area contributed by atoms with Crippen LogP contribution in [0.1, 0.15) is 5.56 Å². The smallest absolute Gasteiger partial charge is 0.248 e. The molecule has 8 heteroatoms. The van der Waals surface area contributed by atoms with Gasteiger partial charge in [-0.15, -0.1) is 0 Å². The highest BCUT2D eigenvalue weighted by atomic mass is 35.5. The molecule has 1 aromatic rings. The van der Waals surface area contributed by atoms with Crippen molar-refractivity contribution >= 4 is 11.9 Å². The number of halogens is 7. The molecule has 0 heterocycles. The van der Waals surface area contributed by atoms with Gasteiger partial charge in [0.15, 0.2) is 0 Å². The number of rotatable bonds is 2. The van der Waals surface area contributed by atoms with Gasteiger partial charge >= 0.3 is 18.0 Å². The van der Waals surface area contributed by atoms with Crippen LogP contribution in [0.5, 0.6) is 0 Å². The summed E-state index contributed by atoms with van der Waals surface area (Å²) >= 11 is 4.49. The Morgan fingerprint density at radius 2 is 1.24 bits per heavy atom. The maximum absolute atomic E-state index is 12.6. The van der Waals surface area contributed by atoms with E-state index in [0.717, 1.165) is 12.1 Å². The van der Waals surface area contributed by atoms with Crippen molar-refractivity contribution < 1.29 is 30.6 Å². The molecule has 0 aliphatic carbocycles. The van der Waals surface area contributed by atoms with E-state index in [1.807, 2.05) is 0 Å². The summed E-state index contributed by atoms with van der Waals surface area (Å²) in [6.07, 6.45) is -11.5. The van der Waals surface area contributed by atoms with Gasteiger partial charge in [0.1, 0.15) is 0 Å². The summed E-state index contributed by atoms with van der Waals surface area (Å²) in [5.41, 5.74) is -5.65. The average Bonchev–Trinajstić information content (AvgIpc) is 2.16. The lowest BCUT2D eigenvalue weighted by molar-refractivity contribution is -0.364. The summed E-state index contributed by atoms with van der Waals surface area (Å²) < 4.78 is 79.0. The molecule has 0 atom stereocenters. The molecule has 96 valence electrons. The van der Waals surface area contributed by atoms with Crippen molar-refractivity contribution in [3.05, 3.63) is 35.9 Å². The minimum Gasteiger partial charge on any atom is -0.248 e. The maximum Gasteiger partial charge on any atom is 0.432 e. The van der Waals surface area contributed by atoms with E-state index in [9.17, 15) is 26.3 Å². The number of alkyl halides is 6. The zero-order valence-corrected chi connectivity index (χ0v) is 8.70. The molecule has 1 nitrogen and oxygen atoms in total. The lowest BCUT2D eigenvalue weighted by atomic mass is 9.92. The Kier molecular flexibility index (Phi) is 3.63. The van der Waals surface area contributed by atoms with Crippen molar-refractivity contribution in [2.24, 2.45) is 0 Å². The third-order valence-corrected chi connectivity index (χ3v) is 2.33. The van der Waals surface area contributed by atoms with Crippen LogP contribution in [0.25, 0.3) is 0 Å². The summed E-state index contributed by atoms with van der Waals surface area (Å²) in [7, 11) is 0. The monoisotopic (exact) mass is 278 g/mol. The highest BCUT2D eigenvalue weighted by Crippen LogP contribution is 2.53. The van der Waals surface area contributed by atoms with Gasteiger partial charge in [-0.1, -0.05) is 30.3 Å². The van der Waals surface area contributed by atoms with Crippen molar-refractivity contribution in [2.75, 3.05) is 0 Å². The van der Waals surface area contributed by atoms with Crippen LogP contribution in [-0.4, -0.2) is 12.4 Å². The molecule has 1 rings (SSSR count). The molecule has 0 radical (unpaired) electrons. The molecular weight excluding hydrogens is 274 g/mol. The van der Waals surface area contributed by atoms with E-state index in [0.29, 0.717) is 12.1 Å². The zero-order chi connectivity index (χ0) is 13.3. The van der Waals surface area contributed by atoms with E-state index in [2.05, 4.69) is 16.2 Å². The van der Waals surface area contributed by atoms with Crippen LogP contribution in [0, 0.1) is 0 Å². The normalized spacial score (nSPS) is 13.8. The van der Waals surface area contributed by atoms with Crippen LogP contribution in [0.4, 0.5) is 26.3 Å². The first-order valence-corrected chi connectivity index (χ1v) is 4.46. The molecule has 0 aliphatic rings. The average molecular weight is 279 g/mol. The third-order valence-electron chi connectivity index (χ3n) is 2.09. The fourth-order valence-corrected chi connectivity index (χ4v) is 1.56. The molecule has 0 fully saturated rings. The third kappa shape index (κ3) is 2.21. The molecule has 1 aromatic carbocycles. The predicted molar refractivity (Wildman–Crippen MR) is 47.2 cm³/mol. The SMILES string of the molecule is FC(F)(F)C(OCl)(c1ccccc1)C(F)(F)F. The molecule has 0 spiro atoms. The number of hydrogen-bond acceptors (Lipinski definition) is 1. The van der Waals surface area contributed by atoms with E-state index in [1.54, 1.807) is 0 Å². The summed E-state index contributed by atoms with van der Waals surface area (Å²) in [6.45, 7) is 0. The molecule has 0 amide bonds. The van der Waals surface area contributed by atoms with Gasteiger partial charge in [0, 0.05) is 5.56 Å². The minimum atomic E-state index is -5.73. The molecule has 0 saturated carbocycles. The van der Waals surface area contributed by atoms with Crippen LogP contribution in [0.2, 0.25) is 0 Å². The molecule has 0 aromatic heterocycles. The van der Waals surface area contributed by atoms with Crippen molar-refractivity contribution in [1.82, 2.24) is 0 Å². The Bertz CT molecular complexity index is 357. The second-order valence-corrected chi connectivity index (χ2v) is 3.27. The van der Waals surface area contributed by atoms with Gasteiger partial charge in [0.05, 0.1) is 11.9 Å². The number of hydrogen-bond donors (Lipinski definition) is 0. The van der Waals surface area contributed by atoms with E-state index in [1.165, 1.54) is 6.07 Å². The second kappa shape index (κ2) is 4.38. The first-order chi connectivity index (χ1) is 7.67. The Morgan fingerprint density at radius 1 is 0.824 bits per heavy atom. The summed E-state index contributed by atoms with van der Waals surface area (Å²) in [6, 6.07) is 4.61. The van der Waals surface area contributed by atoms with Gasteiger partial charge in [-0.25, -0.2) is 4.29 Å². The standard InChI is InChI=1S/C9H5ClF6O/c10-17-7(8(11,12)13,9(14,15)16)6-4-2-1-3-5-6/h1-5H. The van der Waals surface area contributed by atoms with Crippen molar-refractivity contribution in [2.45, 2.75) is 18.0 Å². The van der Waals surface area contributed by atoms with Gasteiger partial charge in [-0.2, -0.15) is 26.3 Å². The quantitative estimate of drug-likeness (QED) is 0.738. The molecule has 0 saturated heterocycles. The molecule has 0 N–H and O–H groups in total. The Labute approximate surface area is 97.1 Å². The van der Waals surface area contributed by atoms with E-state index >= 15 is 0 Å². The Morgan fingerprint density at radius 3 is 1.53 bits per heavy atom. The maximum atomic E-state index is 12.6. The van der Waals surface area contributed by atoms with Crippen molar-refractivity contribution in [1.29, 1.82) is 0 Å². The van der Waals surface area contributed by atoms with Crippen molar-refractivity contribution in [3.8, 4) is 0 Å². The van der Waals surface area contributed by atoms with Gasteiger partial charge < -0.3 is 0 Å². The van der Waals surface area contributed by atoms with E-state index in [-0.39, 0.29) is 0 Å². The van der Waals surface area contributed by atoms with Crippen molar-refractivity contribution in [3.63, 3.8) is 0 Å². The molecule has 0 aliphatic heterocycles. The fourth-order valence-electron chi connectivity index (χ4n) is 1.29. The highest BCUT2D eigenvalue weighted by molar-refractivity contribution is 6.07. The van der Waals surface area contributed by atoms with Crippen LogP contribution in [0.15, 0.2) is 30.3 Å². The first kappa shape index (κ1) is 14.1. The summed E-state index contributed by atoms with van der Waals surface area (Å²) in [4.78, 5) is 0. The minimum absolute atomic E-state index is 0.642. The van der Waals surface area contributed by atoms with E-state index < -0.39 is 23.5 Å². The fraction of sp³-hybridized carbons (Fsp3) is 0.333. The summed E-state index contributed by atoms with van der Waals surface area (Å²) in [5.74, 6) is 0. The zero-order valence-electron chi connectivity index (χ0n) is 7.94. The second-order valence-electron chi connectivity index (χ2n) is 3.12. The van der Waals surface area contributed by atoms with Crippen LogP contribution in [0.3, 0.4) is 0 Å². The molecule has 0 unspecified atom stereocenters.